The quantitative estimate of drug-likeness (QED) is 0.206. The molecule has 0 atom stereocenters. The summed E-state index contributed by atoms with van der Waals surface area (Å²) in [5.41, 5.74) is 8.56. The van der Waals surface area contributed by atoms with Crippen molar-refractivity contribution in [3.05, 3.63) is 114 Å². The minimum Gasteiger partial charge on any atom is -0.256 e. The number of rotatable bonds is 2. The summed E-state index contributed by atoms with van der Waals surface area (Å²) in [6, 6.07) is 35.0. The normalized spacial score (nSPS) is 11.4. The molecular weight excluding hydrogens is 386 g/mol. The number of para-hydroxylation sites is 1. The average molecular weight is 410 g/mol. The first-order chi connectivity index (χ1) is 15.7. The third kappa shape index (κ3) is 2.90. The zero-order chi connectivity index (χ0) is 21.7. The highest BCUT2D eigenvalue weighted by Crippen LogP contribution is 2.45. The molecule has 0 fully saturated rings. The van der Waals surface area contributed by atoms with Gasteiger partial charge >= 0.3 is 0 Å². The van der Waals surface area contributed by atoms with Crippen LogP contribution in [0.5, 0.6) is 0 Å². The lowest BCUT2D eigenvalue weighted by Gasteiger charge is -2.19. The maximum Gasteiger partial charge on any atom is 0.0708 e. The van der Waals surface area contributed by atoms with Gasteiger partial charge in [0, 0.05) is 22.4 Å². The number of fused-ring (bicyclic) bond motifs is 4. The first-order valence-corrected chi connectivity index (χ1v) is 11.1. The van der Waals surface area contributed by atoms with Gasteiger partial charge in [-0.1, -0.05) is 102 Å². The summed E-state index contributed by atoms with van der Waals surface area (Å²) in [6.07, 6.45) is 2.07. The Kier molecular flexibility index (Phi) is 4.29. The molecule has 0 aliphatic heterocycles. The molecule has 1 heteroatoms. The van der Waals surface area contributed by atoms with Gasteiger partial charge in [0.25, 0.3) is 0 Å². The maximum absolute atomic E-state index is 4.87. The second-order valence-electron chi connectivity index (χ2n) is 8.59. The standard InChI is InChI=1S/C31H23N/c1-20-11-15-22(16-12-20)29-24-7-3-4-8-25(24)30(23-17-13-21(2)14-18-23)31-26-9-5-6-10-28(26)32-19-27(29)31/h3-19H,1-2H3. The van der Waals surface area contributed by atoms with Crippen molar-refractivity contribution >= 4 is 32.4 Å². The van der Waals surface area contributed by atoms with E-state index in [9.17, 15) is 0 Å². The molecule has 0 spiro atoms. The summed E-state index contributed by atoms with van der Waals surface area (Å²) in [5.74, 6) is 0. The van der Waals surface area contributed by atoms with Gasteiger partial charge in [-0.15, -0.1) is 0 Å². The Morgan fingerprint density at radius 1 is 0.469 bits per heavy atom. The van der Waals surface area contributed by atoms with E-state index in [-0.39, 0.29) is 0 Å². The highest BCUT2D eigenvalue weighted by Gasteiger charge is 2.18. The van der Waals surface area contributed by atoms with Gasteiger partial charge in [-0.3, -0.25) is 4.98 Å². The number of pyridine rings is 1. The van der Waals surface area contributed by atoms with Crippen LogP contribution in [0.2, 0.25) is 0 Å². The predicted octanol–water partition coefficient (Wildman–Crippen LogP) is 8.49. The van der Waals surface area contributed by atoms with Crippen molar-refractivity contribution in [2.75, 3.05) is 0 Å². The number of nitrogens with zero attached hydrogens (tertiary/aromatic N) is 1. The largest absolute Gasteiger partial charge is 0.256 e. The van der Waals surface area contributed by atoms with Crippen LogP contribution in [0.25, 0.3) is 54.7 Å². The summed E-state index contributed by atoms with van der Waals surface area (Å²) in [4.78, 5) is 4.87. The smallest absolute Gasteiger partial charge is 0.0708 e. The van der Waals surface area contributed by atoms with Crippen molar-refractivity contribution in [1.82, 2.24) is 4.98 Å². The molecule has 0 saturated heterocycles. The van der Waals surface area contributed by atoms with E-state index in [1.54, 1.807) is 0 Å². The Bertz CT molecular complexity index is 1610. The van der Waals surface area contributed by atoms with Crippen LogP contribution in [0, 0.1) is 13.8 Å². The highest BCUT2D eigenvalue weighted by atomic mass is 14.6. The van der Waals surface area contributed by atoms with Gasteiger partial charge in [-0.05, 0) is 52.9 Å². The molecule has 0 N–H and O–H groups in total. The Morgan fingerprint density at radius 3 is 1.59 bits per heavy atom. The Hall–Kier alpha value is -3.97. The molecule has 1 heterocycles. The first kappa shape index (κ1) is 18.8. The van der Waals surface area contributed by atoms with Gasteiger partial charge in [-0.2, -0.15) is 0 Å². The zero-order valence-electron chi connectivity index (χ0n) is 18.3. The highest BCUT2D eigenvalue weighted by molar-refractivity contribution is 6.27. The van der Waals surface area contributed by atoms with Crippen LogP contribution >= 0.6 is 0 Å². The van der Waals surface area contributed by atoms with Crippen LogP contribution in [0.15, 0.2) is 103 Å². The number of benzene rings is 5. The van der Waals surface area contributed by atoms with E-state index >= 15 is 0 Å². The van der Waals surface area contributed by atoms with Crippen molar-refractivity contribution < 1.29 is 0 Å². The summed E-state index contributed by atoms with van der Waals surface area (Å²) in [6.45, 7) is 4.27. The minimum absolute atomic E-state index is 1.03. The van der Waals surface area contributed by atoms with Crippen LogP contribution < -0.4 is 0 Å². The lowest BCUT2D eigenvalue weighted by Crippen LogP contribution is -1.93. The Labute approximate surface area is 188 Å². The summed E-state index contributed by atoms with van der Waals surface area (Å²) >= 11 is 0. The van der Waals surface area contributed by atoms with Crippen molar-refractivity contribution in [2.24, 2.45) is 0 Å². The van der Waals surface area contributed by atoms with Crippen LogP contribution in [-0.2, 0) is 0 Å². The fourth-order valence-electron chi connectivity index (χ4n) is 4.85. The van der Waals surface area contributed by atoms with Gasteiger partial charge in [0.15, 0.2) is 0 Å². The van der Waals surface area contributed by atoms with Gasteiger partial charge in [0.2, 0.25) is 0 Å². The van der Waals surface area contributed by atoms with E-state index < -0.39 is 0 Å². The zero-order valence-corrected chi connectivity index (χ0v) is 18.3. The molecule has 0 amide bonds. The third-order valence-electron chi connectivity index (χ3n) is 6.44. The van der Waals surface area contributed by atoms with E-state index in [2.05, 4.69) is 117 Å². The van der Waals surface area contributed by atoms with Crippen molar-refractivity contribution in [3.63, 3.8) is 0 Å². The maximum atomic E-state index is 4.87. The van der Waals surface area contributed by atoms with Crippen molar-refractivity contribution in [3.8, 4) is 22.3 Å². The minimum atomic E-state index is 1.03. The second-order valence-corrected chi connectivity index (χ2v) is 8.59. The second kappa shape index (κ2) is 7.32. The Balaban J connectivity index is 1.89. The van der Waals surface area contributed by atoms with E-state index in [4.69, 9.17) is 4.98 Å². The molecule has 0 unspecified atom stereocenters. The fourth-order valence-corrected chi connectivity index (χ4v) is 4.85. The summed E-state index contributed by atoms with van der Waals surface area (Å²) < 4.78 is 0. The predicted molar refractivity (Wildman–Crippen MR) is 137 cm³/mol. The lowest BCUT2D eigenvalue weighted by molar-refractivity contribution is 1.44. The number of hydrogen-bond donors (Lipinski definition) is 0. The molecule has 152 valence electrons. The molecule has 5 aromatic carbocycles. The molecule has 6 rings (SSSR count). The van der Waals surface area contributed by atoms with Crippen LogP contribution in [-0.4, -0.2) is 4.98 Å². The topological polar surface area (TPSA) is 12.9 Å². The molecule has 0 saturated carbocycles. The van der Waals surface area contributed by atoms with Gasteiger partial charge in [-0.25, -0.2) is 0 Å². The molecule has 6 aromatic rings. The average Bonchev–Trinajstić information content (AvgIpc) is 2.84. The van der Waals surface area contributed by atoms with Gasteiger partial charge in [0.05, 0.1) is 5.52 Å². The lowest BCUT2D eigenvalue weighted by atomic mass is 9.85. The van der Waals surface area contributed by atoms with Crippen molar-refractivity contribution in [2.45, 2.75) is 13.8 Å². The molecule has 0 aliphatic carbocycles. The monoisotopic (exact) mass is 409 g/mol. The molecule has 0 radical (unpaired) electrons. The van der Waals surface area contributed by atoms with Gasteiger partial charge in [0.1, 0.15) is 0 Å². The molecule has 0 bridgehead atoms. The molecule has 1 nitrogen and oxygen atoms in total. The first-order valence-electron chi connectivity index (χ1n) is 11.1. The summed E-state index contributed by atoms with van der Waals surface area (Å²) in [5, 5.41) is 6.20. The van der Waals surface area contributed by atoms with Crippen molar-refractivity contribution in [1.29, 1.82) is 0 Å². The molecule has 0 aliphatic rings. The SMILES string of the molecule is Cc1ccc(-c2c3ccccc3c(-c3ccc(C)cc3)c3c2cnc2ccccc23)cc1. The van der Waals surface area contributed by atoms with E-state index in [1.807, 2.05) is 0 Å². The molecule has 1 aromatic heterocycles. The number of aromatic nitrogens is 1. The molecule has 32 heavy (non-hydrogen) atoms. The number of aryl methyl sites for hydroxylation is 2. The van der Waals surface area contributed by atoms with Crippen LogP contribution in [0.3, 0.4) is 0 Å². The third-order valence-corrected chi connectivity index (χ3v) is 6.44. The number of hydrogen-bond acceptors (Lipinski definition) is 1. The Morgan fingerprint density at radius 2 is 0.969 bits per heavy atom. The van der Waals surface area contributed by atoms with Gasteiger partial charge < -0.3 is 0 Å². The van der Waals surface area contributed by atoms with E-state index in [0.29, 0.717) is 0 Å². The fraction of sp³-hybridized carbons (Fsp3) is 0.0645. The van der Waals surface area contributed by atoms with E-state index in [0.717, 1.165) is 5.52 Å². The molecular formula is C31H23N. The van der Waals surface area contributed by atoms with Crippen LogP contribution in [0.1, 0.15) is 11.1 Å². The van der Waals surface area contributed by atoms with E-state index in [1.165, 1.54) is 60.3 Å². The summed E-state index contributed by atoms with van der Waals surface area (Å²) in [7, 11) is 0. The van der Waals surface area contributed by atoms with Crippen LogP contribution in [0.4, 0.5) is 0 Å².